The highest BCUT2D eigenvalue weighted by Gasteiger charge is 2.27. The average molecular weight is 298 g/mol. The molecule has 0 spiro atoms. The molecule has 1 saturated heterocycles. The third-order valence-electron chi connectivity index (χ3n) is 3.75. The summed E-state index contributed by atoms with van der Waals surface area (Å²) in [6, 6.07) is 4.79. The molecular weight excluding hydrogens is 278 g/mol. The van der Waals surface area contributed by atoms with Gasteiger partial charge in [-0.25, -0.2) is 0 Å². The summed E-state index contributed by atoms with van der Waals surface area (Å²) in [4.78, 5) is 14.4. The smallest absolute Gasteiger partial charge is 0.257 e. The molecule has 0 bridgehead atoms. The van der Waals surface area contributed by atoms with Gasteiger partial charge in [-0.15, -0.1) is 11.6 Å². The summed E-state index contributed by atoms with van der Waals surface area (Å²) in [5.41, 5.74) is 0.308. The highest BCUT2D eigenvalue weighted by molar-refractivity contribution is 6.18. The Hall–Kier alpha value is -1.42. The molecule has 0 aliphatic carbocycles. The van der Waals surface area contributed by atoms with Gasteiger partial charge in [0.05, 0.1) is 12.7 Å². The number of alkyl halides is 1. The van der Waals surface area contributed by atoms with Crippen molar-refractivity contribution in [3.8, 4) is 11.5 Å². The second-order valence-corrected chi connectivity index (χ2v) is 5.35. The molecule has 1 aliphatic rings. The van der Waals surface area contributed by atoms with E-state index in [0.29, 0.717) is 23.7 Å². The van der Waals surface area contributed by atoms with Crippen molar-refractivity contribution >= 4 is 17.5 Å². The van der Waals surface area contributed by atoms with Crippen molar-refractivity contribution in [1.29, 1.82) is 0 Å². The number of carbonyl (C=O) groups excluding carboxylic acids is 1. The van der Waals surface area contributed by atoms with E-state index < -0.39 is 0 Å². The van der Waals surface area contributed by atoms with E-state index in [2.05, 4.69) is 0 Å². The fourth-order valence-corrected chi connectivity index (χ4v) is 2.90. The van der Waals surface area contributed by atoms with Gasteiger partial charge in [-0.3, -0.25) is 4.79 Å². The van der Waals surface area contributed by atoms with Crippen molar-refractivity contribution in [2.24, 2.45) is 0 Å². The van der Waals surface area contributed by atoms with Crippen LogP contribution in [0.25, 0.3) is 0 Å². The molecule has 5 heteroatoms. The Labute approximate surface area is 124 Å². The summed E-state index contributed by atoms with van der Waals surface area (Å²) in [5, 5.41) is 9.99. The van der Waals surface area contributed by atoms with E-state index in [0.717, 1.165) is 25.7 Å². The number of nitrogens with zero attached hydrogens (tertiary/aromatic N) is 1. The van der Waals surface area contributed by atoms with Gasteiger partial charge >= 0.3 is 0 Å². The van der Waals surface area contributed by atoms with Crippen LogP contribution >= 0.6 is 11.6 Å². The zero-order valence-corrected chi connectivity index (χ0v) is 12.4. The summed E-state index contributed by atoms with van der Waals surface area (Å²) in [5.74, 6) is 0.760. The number of hydrogen-bond acceptors (Lipinski definition) is 3. The Morgan fingerprint density at radius 2 is 2.25 bits per heavy atom. The van der Waals surface area contributed by atoms with Crippen LogP contribution in [0.2, 0.25) is 0 Å². The lowest BCUT2D eigenvalue weighted by molar-refractivity contribution is 0.0697. The molecule has 1 aromatic carbocycles. The van der Waals surface area contributed by atoms with Crippen molar-refractivity contribution in [3.05, 3.63) is 23.8 Å². The van der Waals surface area contributed by atoms with Gasteiger partial charge in [0.1, 0.15) is 11.5 Å². The molecule has 1 heterocycles. The van der Waals surface area contributed by atoms with E-state index in [1.165, 1.54) is 13.2 Å². The van der Waals surface area contributed by atoms with Crippen LogP contribution in [0.1, 0.15) is 36.0 Å². The van der Waals surface area contributed by atoms with Crippen LogP contribution in [0.15, 0.2) is 18.2 Å². The first-order chi connectivity index (χ1) is 9.67. The minimum absolute atomic E-state index is 0.0491. The zero-order chi connectivity index (χ0) is 14.5. The molecule has 1 atom stereocenters. The van der Waals surface area contributed by atoms with Crippen LogP contribution in [0.4, 0.5) is 0 Å². The van der Waals surface area contributed by atoms with E-state index in [9.17, 15) is 9.90 Å². The van der Waals surface area contributed by atoms with Gasteiger partial charge in [0, 0.05) is 24.5 Å². The summed E-state index contributed by atoms with van der Waals surface area (Å²) >= 11 is 5.99. The zero-order valence-electron chi connectivity index (χ0n) is 11.6. The second kappa shape index (κ2) is 6.84. The highest BCUT2D eigenvalue weighted by atomic mass is 35.5. The number of methoxy groups -OCH3 is 1. The van der Waals surface area contributed by atoms with Crippen LogP contribution in [-0.4, -0.2) is 41.5 Å². The van der Waals surface area contributed by atoms with Gasteiger partial charge in [-0.05, 0) is 25.0 Å². The number of ether oxygens (including phenoxy) is 1. The Bertz CT molecular complexity index is 478. The maximum atomic E-state index is 12.6. The van der Waals surface area contributed by atoms with Crippen LogP contribution < -0.4 is 4.74 Å². The lowest BCUT2D eigenvalue weighted by Crippen LogP contribution is -2.41. The number of amides is 1. The number of benzene rings is 1. The van der Waals surface area contributed by atoms with Crippen LogP contribution in [-0.2, 0) is 0 Å². The Morgan fingerprint density at radius 3 is 2.90 bits per heavy atom. The molecule has 20 heavy (non-hydrogen) atoms. The van der Waals surface area contributed by atoms with Gasteiger partial charge in [-0.1, -0.05) is 12.8 Å². The minimum Gasteiger partial charge on any atom is -0.507 e. The normalized spacial score (nSPS) is 19.5. The number of phenols is 1. The van der Waals surface area contributed by atoms with Crippen molar-refractivity contribution in [3.63, 3.8) is 0 Å². The second-order valence-electron chi connectivity index (χ2n) is 5.04. The number of hydrogen-bond donors (Lipinski definition) is 1. The maximum absolute atomic E-state index is 12.6. The quantitative estimate of drug-likeness (QED) is 0.873. The Balaban J connectivity index is 2.24. The molecule has 0 aromatic heterocycles. The number of likely N-dealkylation sites (tertiary alicyclic amines) is 1. The van der Waals surface area contributed by atoms with Crippen molar-refractivity contribution < 1.29 is 14.6 Å². The molecule has 0 saturated carbocycles. The monoisotopic (exact) mass is 297 g/mol. The summed E-state index contributed by atoms with van der Waals surface area (Å²) in [6.45, 7) is 0.696. The molecular formula is C15H20ClNO3. The number of halogens is 1. The predicted octanol–water partition coefficient (Wildman–Crippen LogP) is 3.02. The third-order valence-corrected chi connectivity index (χ3v) is 4.11. The molecule has 1 unspecified atom stereocenters. The summed E-state index contributed by atoms with van der Waals surface area (Å²) < 4.78 is 5.03. The predicted molar refractivity (Wildman–Crippen MR) is 78.7 cm³/mol. The van der Waals surface area contributed by atoms with Crippen LogP contribution in [0, 0.1) is 0 Å². The highest BCUT2D eigenvalue weighted by Crippen LogP contribution is 2.27. The minimum atomic E-state index is -0.155. The van der Waals surface area contributed by atoms with Crippen molar-refractivity contribution in [1.82, 2.24) is 4.90 Å². The van der Waals surface area contributed by atoms with Gasteiger partial charge in [0.2, 0.25) is 0 Å². The molecule has 1 amide bonds. The van der Waals surface area contributed by atoms with Crippen molar-refractivity contribution in [2.75, 3.05) is 19.5 Å². The summed E-state index contributed by atoms with van der Waals surface area (Å²) in [6.07, 6.45) is 4.11. The molecule has 1 aromatic rings. The van der Waals surface area contributed by atoms with Gasteiger partial charge in [0.15, 0.2) is 0 Å². The molecule has 0 radical (unpaired) electrons. The molecule has 1 aliphatic heterocycles. The largest absolute Gasteiger partial charge is 0.507 e. The lowest BCUT2D eigenvalue weighted by atomic mass is 10.1. The van der Waals surface area contributed by atoms with Crippen LogP contribution in [0.3, 0.4) is 0 Å². The molecule has 110 valence electrons. The van der Waals surface area contributed by atoms with Crippen molar-refractivity contribution in [2.45, 2.75) is 31.7 Å². The van der Waals surface area contributed by atoms with Gasteiger partial charge in [0.25, 0.3) is 5.91 Å². The van der Waals surface area contributed by atoms with Gasteiger partial charge < -0.3 is 14.7 Å². The summed E-state index contributed by atoms with van der Waals surface area (Å²) in [7, 11) is 1.52. The first kappa shape index (κ1) is 15.0. The molecule has 1 fully saturated rings. The molecule has 1 N–H and O–H groups in total. The Morgan fingerprint density at radius 1 is 1.45 bits per heavy atom. The first-order valence-electron chi connectivity index (χ1n) is 6.91. The van der Waals surface area contributed by atoms with E-state index in [-0.39, 0.29) is 17.7 Å². The van der Waals surface area contributed by atoms with E-state index >= 15 is 0 Å². The van der Waals surface area contributed by atoms with E-state index in [1.807, 2.05) is 0 Å². The van der Waals surface area contributed by atoms with Gasteiger partial charge in [-0.2, -0.15) is 0 Å². The first-order valence-corrected chi connectivity index (χ1v) is 7.44. The average Bonchev–Trinajstić information content (AvgIpc) is 2.71. The fraction of sp³-hybridized carbons (Fsp3) is 0.533. The fourth-order valence-electron chi connectivity index (χ4n) is 2.58. The van der Waals surface area contributed by atoms with E-state index in [4.69, 9.17) is 16.3 Å². The lowest BCUT2D eigenvalue weighted by Gasteiger charge is -2.29. The number of carbonyl (C=O) groups is 1. The standard InChI is InChI=1S/C15H20ClNO3/c1-20-12-6-7-13(14(18)9-12)15(19)17-8-4-2-3-5-11(17)10-16/h6-7,9,11,18H,2-5,8,10H2,1H3. The number of phenolic OH excluding ortho intramolecular Hbond substituents is 1. The number of rotatable bonds is 3. The molecule has 4 nitrogen and oxygen atoms in total. The molecule has 2 rings (SSSR count). The van der Waals surface area contributed by atoms with Crippen LogP contribution in [0.5, 0.6) is 11.5 Å². The maximum Gasteiger partial charge on any atom is 0.257 e. The Kier molecular flexibility index (Phi) is 5.12. The SMILES string of the molecule is COc1ccc(C(=O)N2CCCCCC2CCl)c(O)c1. The topological polar surface area (TPSA) is 49.8 Å². The number of aromatic hydroxyl groups is 1. The van der Waals surface area contributed by atoms with E-state index in [1.54, 1.807) is 17.0 Å². The third kappa shape index (κ3) is 3.18.